The van der Waals surface area contributed by atoms with Crippen molar-refractivity contribution in [2.45, 2.75) is 51.0 Å². The Hall–Kier alpha value is -4.17. The number of Topliss-reactive ketones (excluding diaryl/α,β-unsaturated/α-hetero) is 1. The number of ketones is 1. The van der Waals surface area contributed by atoms with E-state index in [0.29, 0.717) is 35.0 Å². The molecule has 4 rings (SSSR count). The lowest BCUT2D eigenvalue weighted by Crippen LogP contribution is -2.56. The molecule has 0 aliphatic heterocycles. The summed E-state index contributed by atoms with van der Waals surface area (Å²) in [6.07, 6.45) is 2.55. The van der Waals surface area contributed by atoms with Gasteiger partial charge in [0.25, 0.3) is 0 Å². The standard InChI is InChI=1S/C33H38N2O6/c1-4-5-12-19-41-27-20-22(17-18-26(27)40-3)28-29(31(37)34-23-13-8-6-9-14-23)25(36)21-33(2,39)30(28)32(38)35-24-15-10-7-11-16-24/h6-11,13-18,20,28-30,39H,4-5,12,19,21H2,1-3H3,(H,34,37)(H,35,38). The summed E-state index contributed by atoms with van der Waals surface area (Å²) in [6.45, 7) is 4.05. The number of hydrogen-bond acceptors (Lipinski definition) is 6. The summed E-state index contributed by atoms with van der Waals surface area (Å²) in [5.74, 6) is -3.88. The summed E-state index contributed by atoms with van der Waals surface area (Å²) in [6, 6.07) is 22.9. The van der Waals surface area contributed by atoms with Gasteiger partial charge in [0.15, 0.2) is 11.5 Å². The van der Waals surface area contributed by atoms with Crippen LogP contribution in [0.25, 0.3) is 0 Å². The zero-order chi connectivity index (χ0) is 29.4. The van der Waals surface area contributed by atoms with Crippen LogP contribution in [0.5, 0.6) is 11.5 Å². The van der Waals surface area contributed by atoms with Crippen molar-refractivity contribution in [3.8, 4) is 11.5 Å². The van der Waals surface area contributed by atoms with Crippen molar-refractivity contribution >= 4 is 29.0 Å². The number of anilines is 2. The molecule has 3 aromatic carbocycles. The molecule has 0 bridgehead atoms. The highest BCUT2D eigenvalue weighted by molar-refractivity contribution is 6.10. The summed E-state index contributed by atoms with van der Waals surface area (Å²) in [4.78, 5) is 41.2. The summed E-state index contributed by atoms with van der Waals surface area (Å²) in [7, 11) is 1.54. The number of aliphatic hydroxyl groups is 1. The minimum absolute atomic E-state index is 0.347. The summed E-state index contributed by atoms with van der Waals surface area (Å²) in [5, 5.41) is 17.3. The highest BCUT2D eigenvalue weighted by atomic mass is 16.5. The van der Waals surface area contributed by atoms with Crippen molar-refractivity contribution in [3.05, 3.63) is 84.4 Å². The van der Waals surface area contributed by atoms with Crippen molar-refractivity contribution in [2.24, 2.45) is 11.8 Å². The lowest BCUT2D eigenvalue weighted by atomic mass is 9.61. The SMILES string of the molecule is CCCCCOc1cc(C2C(C(=O)Nc3ccccc3)C(=O)CC(C)(O)C2C(=O)Nc2ccccc2)ccc1OC. The van der Waals surface area contributed by atoms with Crippen LogP contribution < -0.4 is 20.1 Å². The largest absolute Gasteiger partial charge is 0.493 e. The average Bonchev–Trinajstić information content (AvgIpc) is 2.95. The number of carbonyl (C=O) groups is 3. The van der Waals surface area contributed by atoms with E-state index in [1.807, 2.05) is 12.1 Å². The molecule has 0 spiro atoms. The Kier molecular flexibility index (Phi) is 9.78. The molecule has 1 saturated carbocycles. The van der Waals surface area contributed by atoms with Gasteiger partial charge in [-0.15, -0.1) is 0 Å². The predicted octanol–water partition coefficient (Wildman–Crippen LogP) is 5.58. The van der Waals surface area contributed by atoms with Crippen LogP contribution >= 0.6 is 0 Å². The van der Waals surface area contributed by atoms with Gasteiger partial charge in [0.2, 0.25) is 11.8 Å². The number of unbranched alkanes of at least 4 members (excludes halogenated alkanes) is 2. The Bertz CT molecular complexity index is 1340. The summed E-state index contributed by atoms with van der Waals surface area (Å²) in [5.41, 5.74) is -0.122. The van der Waals surface area contributed by atoms with E-state index < -0.39 is 41.0 Å². The highest BCUT2D eigenvalue weighted by Gasteiger charge is 2.56. The molecule has 3 N–H and O–H groups in total. The van der Waals surface area contributed by atoms with Crippen molar-refractivity contribution in [1.29, 1.82) is 0 Å². The minimum atomic E-state index is -1.72. The molecule has 0 heterocycles. The Balaban J connectivity index is 1.78. The lowest BCUT2D eigenvalue weighted by Gasteiger charge is -2.44. The van der Waals surface area contributed by atoms with Crippen molar-refractivity contribution in [3.63, 3.8) is 0 Å². The lowest BCUT2D eigenvalue weighted by molar-refractivity contribution is -0.150. The van der Waals surface area contributed by atoms with E-state index in [4.69, 9.17) is 9.47 Å². The van der Waals surface area contributed by atoms with E-state index >= 15 is 0 Å². The van der Waals surface area contributed by atoms with E-state index in [-0.39, 0.29) is 6.42 Å². The third-order valence-electron chi connectivity index (χ3n) is 7.49. The summed E-state index contributed by atoms with van der Waals surface area (Å²) < 4.78 is 11.6. The maximum Gasteiger partial charge on any atom is 0.235 e. The maximum absolute atomic E-state index is 13.9. The van der Waals surface area contributed by atoms with E-state index in [9.17, 15) is 19.5 Å². The third kappa shape index (κ3) is 7.13. The van der Waals surface area contributed by atoms with E-state index in [1.54, 1.807) is 66.7 Å². The topological polar surface area (TPSA) is 114 Å². The molecule has 4 unspecified atom stereocenters. The molecule has 0 radical (unpaired) electrons. The zero-order valence-corrected chi connectivity index (χ0v) is 23.8. The Labute approximate surface area is 241 Å². The van der Waals surface area contributed by atoms with Crippen LogP contribution in [0.2, 0.25) is 0 Å². The first-order valence-corrected chi connectivity index (χ1v) is 14.0. The van der Waals surface area contributed by atoms with Crippen LogP contribution in [0.1, 0.15) is 51.0 Å². The molecule has 0 saturated heterocycles. The van der Waals surface area contributed by atoms with E-state index in [0.717, 1.165) is 19.3 Å². The maximum atomic E-state index is 13.9. The zero-order valence-electron chi connectivity index (χ0n) is 23.8. The first-order chi connectivity index (χ1) is 19.7. The van der Waals surface area contributed by atoms with Crippen LogP contribution in [-0.4, -0.2) is 42.0 Å². The first kappa shape index (κ1) is 29.8. The fourth-order valence-electron chi connectivity index (χ4n) is 5.52. The molecular weight excluding hydrogens is 520 g/mol. The molecule has 41 heavy (non-hydrogen) atoms. The second-order valence-electron chi connectivity index (χ2n) is 10.7. The molecule has 1 aliphatic carbocycles. The molecule has 216 valence electrons. The fourth-order valence-corrected chi connectivity index (χ4v) is 5.52. The van der Waals surface area contributed by atoms with Crippen LogP contribution in [-0.2, 0) is 14.4 Å². The number of hydrogen-bond donors (Lipinski definition) is 3. The van der Waals surface area contributed by atoms with Gasteiger partial charge < -0.3 is 25.2 Å². The number of amides is 2. The molecule has 0 aromatic heterocycles. The summed E-state index contributed by atoms with van der Waals surface area (Å²) >= 11 is 0. The van der Waals surface area contributed by atoms with Crippen molar-refractivity contribution < 1.29 is 29.0 Å². The van der Waals surface area contributed by atoms with Crippen LogP contribution in [0.3, 0.4) is 0 Å². The van der Waals surface area contributed by atoms with Gasteiger partial charge in [-0.3, -0.25) is 14.4 Å². The van der Waals surface area contributed by atoms with Crippen LogP contribution in [0, 0.1) is 11.8 Å². The second-order valence-corrected chi connectivity index (χ2v) is 10.7. The number of para-hydroxylation sites is 2. The Morgan fingerprint density at radius 3 is 2.10 bits per heavy atom. The van der Waals surface area contributed by atoms with E-state index in [1.165, 1.54) is 14.0 Å². The Morgan fingerprint density at radius 1 is 0.902 bits per heavy atom. The molecule has 3 aromatic rings. The quantitative estimate of drug-likeness (QED) is 0.209. The molecule has 8 heteroatoms. The third-order valence-corrected chi connectivity index (χ3v) is 7.49. The normalized spacial score (nSPS) is 22.0. The number of ether oxygens (including phenoxy) is 2. The van der Waals surface area contributed by atoms with Gasteiger partial charge in [-0.25, -0.2) is 0 Å². The Morgan fingerprint density at radius 2 is 1.51 bits per heavy atom. The van der Waals surface area contributed by atoms with Crippen LogP contribution in [0.4, 0.5) is 11.4 Å². The number of nitrogens with one attached hydrogen (secondary N) is 2. The molecule has 1 fully saturated rings. The monoisotopic (exact) mass is 558 g/mol. The second kappa shape index (κ2) is 13.5. The van der Waals surface area contributed by atoms with Gasteiger partial charge in [0.1, 0.15) is 11.7 Å². The smallest absolute Gasteiger partial charge is 0.235 e. The molecule has 1 aliphatic rings. The number of carbonyl (C=O) groups excluding carboxylic acids is 3. The average molecular weight is 559 g/mol. The van der Waals surface area contributed by atoms with E-state index in [2.05, 4.69) is 17.6 Å². The van der Waals surface area contributed by atoms with Crippen molar-refractivity contribution in [1.82, 2.24) is 0 Å². The van der Waals surface area contributed by atoms with Gasteiger partial charge >= 0.3 is 0 Å². The van der Waals surface area contributed by atoms with Gasteiger partial charge in [0.05, 0.1) is 25.2 Å². The highest BCUT2D eigenvalue weighted by Crippen LogP contribution is 2.48. The predicted molar refractivity (Wildman–Crippen MR) is 158 cm³/mol. The molecular formula is C33H38N2O6. The number of methoxy groups -OCH3 is 1. The van der Waals surface area contributed by atoms with Crippen molar-refractivity contribution in [2.75, 3.05) is 24.4 Å². The van der Waals surface area contributed by atoms with Gasteiger partial charge in [0, 0.05) is 23.7 Å². The number of benzene rings is 3. The van der Waals surface area contributed by atoms with Gasteiger partial charge in [-0.1, -0.05) is 62.2 Å². The number of rotatable bonds is 11. The minimum Gasteiger partial charge on any atom is -0.493 e. The molecule has 8 nitrogen and oxygen atoms in total. The van der Waals surface area contributed by atoms with Gasteiger partial charge in [-0.2, -0.15) is 0 Å². The van der Waals surface area contributed by atoms with Crippen LogP contribution in [0.15, 0.2) is 78.9 Å². The molecule has 4 atom stereocenters. The van der Waals surface area contributed by atoms with Gasteiger partial charge in [-0.05, 0) is 55.3 Å². The first-order valence-electron chi connectivity index (χ1n) is 14.0. The molecule has 2 amide bonds. The fraction of sp³-hybridized carbons (Fsp3) is 0.364.